The van der Waals surface area contributed by atoms with Crippen LogP contribution in [0.2, 0.25) is 0 Å². The largest absolute Gasteiger partial charge is 0.491 e. The van der Waals surface area contributed by atoms with Gasteiger partial charge >= 0.3 is 0 Å². The van der Waals surface area contributed by atoms with Crippen molar-refractivity contribution in [3.63, 3.8) is 0 Å². The van der Waals surface area contributed by atoms with Crippen molar-refractivity contribution < 1.29 is 9.47 Å². The van der Waals surface area contributed by atoms with Gasteiger partial charge in [0.25, 0.3) is 0 Å². The fourth-order valence-electron chi connectivity index (χ4n) is 1.50. The van der Waals surface area contributed by atoms with Crippen LogP contribution in [0.15, 0.2) is 18.2 Å². The lowest BCUT2D eigenvalue weighted by Crippen LogP contribution is -2.26. The Morgan fingerprint density at radius 1 is 1.06 bits per heavy atom. The van der Waals surface area contributed by atoms with E-state index in [-0.39, 0.29) is 0 Å². The van der Waals surface area contributed by atoms with Crippen molar-refractivity contribution in [2.45, 2.75) is 13.8 Å². The van der Waals surface area contributed by atoms with E-state index in [1.165, 1.54) is 11.1 Å². The zero-order valence-electron chi connectivity index (χ0n) is 11.4. The summed E-state index contributed by atoms with van der Waals surface area (Å²) in [6, 6.07) is 6.12. The van der Waals surface area contributed by atoms with Gasteiger partial charge in [-0.15, -0.1) is 0 Å². The van der Waals surface area contributed by atoms with Gasteiger partial charge in [0.15, 0.2) is 0 Å². The molecule has 1 aromatic carbocycles. The van der Waals surface area contributed by atoms with E-state index >= 15 is 0 Å². The zero-order valence-corrected chi connectivity index (χ0v) is 11.4. The SMILES string of the molecule is Cc1ccc(OCCOCCNCCN)cc1C. The maximum Gasteiger partial charge on any atom is 0.119 e. The van der Waals surface area contributed by atoms with Crippen LogP contribution in [0.1, 0.15) is 11.1 Å². The normalized spacial score (nSPS) is 10.6. The van der Waals surface area contributed by atoms with Gasteiger partial charge in [-0.05, 0) is 37.1 Å². The van der Waals surface area contributed by atoms with Gasteiger partial charge in [-0.25, -0.2) is 0 Å². The average Bonchev–Trinajstić information content (AvgIpc) is 2.37. The highest BCUT2D eigenvalue weighted by molar-refractivity contribution is 5.33. The van der Waals surface area contributed by atoms with Gasteiger partial charge in [-0.1, -0.05) is 6.07 Å². The van der Waals surface area contributed by atoms with E-state index in [1.54, 1.807) is 0 Å². The highest BCUT2D eigenvalue weighted by Gasteiger charge is 1.97. The van der Waals surface area contributed by atoms with E-state index in [0.29, 0.717) is 26.4 Å². The van der Waals surface area contributed by atoms with Crippen molar-refractivity contribution >= 4 is 0 Å². The first-order valence-corrected chi connectivity index (χ1v) is 6.42. The minimum Gasteiger partial charge on any atom is -0.491 e. The van der Waals surface area contributed by atoms with Crippen LogP contribution in [0, 0.1) is 13.8 Å². The van der Waals surface area contributed by atoms with Gasteiger partial charge < -0.3 is 20.5 Å². The molecule has 0 aromatic heterocycles. The van der Waals surface area contributed by atoms with Gasteiger partial charge in [0.2, 0.25) is 0 Å². The summed E-state index contributed by atoms with van der Waals surface area (Å²) in [5.74, 6) is 0.906. The summed E-state index contributed by atoms with van der Waals surface area (Å²) in [5, 5.41) is 3.17. The number of rotatable bonds is 9. The van der Waals surface area contributed by atoms with Crippen molar-refractivity contribution in [3.8, 4) is 5.75 Å². The summed E-state index contributed by atoms with van der Waals surface area (Å²) in [7, 11) is 0. The van der Waals surface area contributed by atoms with Crippen molar-refractivity contribution in [3.05, 3.63) is 29.3 Å². The van der Waals surface area contributed by atoms with E-state index in [0.717, 1.165) is 18.8 Å². The fourth-order valence-corrected chi connectivity index (χ4v) is 1.50. The van der Waals surface area contributed by atoms with E-state index in [2.05, 4.69) is 31.3 Å². The molecule has 0 aliphatic rings. The molecule has 4 nitrogen and oxygen atoms in total. The van der Waals surface area contributed by atoms with Crippen LogP contribution in [-0.4, -0.2) is 39.5 Å². The highest BCUT2D eigenvalue weighted by atomic mass is 16.5. The summed E-state index contributed by atoms with van der Waals surface area (Å²) in [6.07, 6.45) is 0. The quantitative estimate of drug-likeness (QED) is 0.649. The Labute approximate surface area is 109 Å². The van der Waals surface area contributed by atoms with Crippen LogP contribution in [0.25, 0.3) is 0 Å². The Balaban J connectivity index is 2.05. The number of aryl methyl sites for hydroxylation is 2. The minimum atomic E-state index is 0.583. The predicted molar refractivity (Wildman–Crippen MR) is 74.2 cm³/mol. The molecule has 0 aliphatic heterocycles. The summed E-state index contributed by atoms with van der Waals surface area (Å²) >= 11 is 0. The fraction of sp³-hybridized carbons (Fsp3) is 0.571. The van der Waals surface area contributed by atoms with Gasteiger partial charge in [-0.3, -0.25) is 0 Å². The lowest BCUT2D eigenvalue weighted by atomic mass is 10.1. The Kier molecular flexibility index (Phi) is 7.41. The Morgan fingerprint density at radius 3 is 2.61 bits per heavy atom. The molecule has 0 atom stereocenters. The molecule has 0 aliphatic carbocycles. The van der Waals surface area contributed by atoms with Gasteiger partial charge in [0.1, 0.15) is 12.4 Å². The molecule has 0 amide bonds. The summed E-state index contributed by atoms with van der Waals surface area (Å²) in [6.45, 7) is 8.39. The van der Waals surface area contributed by atoms with Gasteiger partial charge in [0.05, 0.1) is 13.2 Å². The second-order valence-electron chi connectivity index (χ2n) is 4.25. The number of nitrogens with one attached hydrogen (secondary N) is 1. The molecule has 0 saturated carbocycles. The molecule has 0 fully saturated rings. The van der Waals surface area contributed by atoms with Crippen LogP contribution < -0.4 is 15.8 Å². The maximum atomic E-state index is 5.60. The Bertz CT molecular complexity index is 343. The molecule has 0 radical (unpaired) electrons. The molecule has 0 heterocycles. The standard InChI is InChI=1S/C14H24N2O2/c1-12-3-4-14(11-13(12)2)18-10-9-17-8-7-16-6-5-15/h3-4,11,16H,5-10,15H2,1-2H3. The van der Waals surface area contributed by atoms with E-state index in [1.807, 2.05) is 6.07 Å². The molecule has 0 bridgehead atoms. The number of benzene rings is 1. The molecular formula is C14H24N2O2. The third kappa shape index (κ3) is 6.00. The van der Waals surface area contributed by atoms with Crippen molar-refractivity contribution in [2.24, 2.45) is 5.73 Å². The molecule has 102 valence electrons. The van der Waals surface area contributed by atoms with E-state index in [9.17, 15) is 0 Å². The first-order chi connectivity index (χ1) is 8.74. The van der Waals surface area contributed by atoms with Crippen LogP contribution >= 0.6 is 0 Å². The first-order valence-electron chi connectivity index (χ1n) is 6.42. The lowest BCUT2D eigenvalue weighted by molar-refractivity contribution is 0.102. The minimum absolute atomic E-state index is 0.583. The zero-order chi connectivity index (χ0) is 13.2. The van der Waals surface area contributed by atoms with E-state index < -0.39 is 0 Å². The number of ether oxygens (including phenoxy) is 2. The topological polar surface area (TPSA) is 56.5 Å². The molecule has 0 spiro atoms. The van der Waals surface area contributed by atoms with Crippen molar-refractivity contribution in [2.75, 3.05) is 39.5 Å². The second-order valence-corrected chi connectivity index (χ2v) is 4.25. The Morgan fingerprint density at radius 2 is 1.89 bits per heavy atom. The highest BCUT2D eigenvalue weighted by Crippen LogP contribution is 2.16. The molecule has 1 aromatic rings. The molecular weight excluding hydrogens is 228 g/mol. The van der Waals surface area contributed by atoms with E-state index in [4.69, 9.17) is 15.2 Å². The molecule has 4 heteroatoms. The smallest absolute Gasteiger partial charge is 0.119 e. The molecule has 18 heavy (non-hydrogen) atoms. The van der Waals surface area contributed by atoms with Crippen molar-refractivity contribution in [1.29, 1.82) is 0 Å². The average molecular weight is 252 g/mol. The maximum absolute atomic E-state index is 5.60. The van der Waals surface area contributed by atoms with Crippen molar-refractivity contribution in [1.82, 2.24) is 5.32 Å². The van der Waals surface area contributed by atoms with Gasteiger partial charge in [0, 0.05) is 19.6 Å². The number of hydrogen-bond acceptors (Lipinski definition) is 4. The molecule has 0 unspecified atom stereocenters. The third-order valence-electron chi connectivity index (χ3n) is 2.72. The lowest BCUT2D eigenvalue weighted by Gasteiger charge is -2.09. The molecule has 0 saturated heterocycles. The van der Waals surface area contributed by atoms with Crippen LogP contribution in [0.3, 0.4) is 0 Å². The summed E-state index contributed by atoms with van der Waals surface area (Å²) in [4.78, 5) is 0. The van der Waals surface area contributed by atoms with Gasteiger partial charge in [-0.2, -0.15) is 0 Å². The third-order valence-corrected chi connectivity index (χ3v) is 2.72. The molecule has 3 N–H and O–H groups in total. The second kappa shape index (κ2) is 8.91. The van der Waals surface area contributed by atoms with Crippen LogP contribution in [-0.2, 0) is 4.74 Å². The summed E-state index contributed by atoms with van der Waals surface area (Å²) in [5.41, 5.74) is 7.89. The summed E-state index contributed by atoms with van der Waals surface area (Å²) < 4.78 is 11.0. The number of hydrogen-bond donors (Lipinski definition) is 2. The molecule has 1 rings (SSSR count). The number of nitrogens with two attached hydrogens (primary N) is 1. The van der Waals surface area contributed by atoms with Crippen LogP contribution in [0.5, 0.6) is 5.75 Å². The monoisotopic (exact) mass is 252 g/mol. The first kappa shape index (κ1) is 15.0. The van der Waals surface area contributed by atoms with Crippen LogP contribution in [0.4, 0.5) is 0 Å². The Hall–Kier alpha value is -1.10. The predicted octanol–water partition coefficient (Wildman–Crippen LogP) is 1.25.